The zero-order valence-electron chi connectivity index (χ0n) is 14.6. The summed E-state index contributed by atoms with van der Waals surface area (Å²) in [6.45, 7) is 0.665. The van der Waals surface area contributed by atoms with E-state index in [1.54, 1.807) is 12.1 Å². The summed E-state index contributed by atoms with van der Waals surface area (Å²) in [5, 5.41) is 2.91. The van der Waals surface area contributed by atoms with E-state index in [-0.39, 0.29) is 18.4 Å². The van der Waals surface area contributed by atoms with Gasteiger partial charge in [-0.15, -0.1) is 0 Å². The topological polar surface area (TPSA) is 73.2 Å². The molecular formula is C20H21N3O3. The summed E-state index contributed by atoms with van der Waals surface area (Å²) in [7, 11) is 1.38. The number of esters is 1. The number of aromatic nitrogens is 2. The predicted octanol–water partition coefficient (Wildman–Crippen LogP) is 2.57. The van der Waals surface area contributed by atoms with E-state index in [1.807, 2.05) is 47.0 Å². The van der Waals surface area contributed by atoms with Gasteiger partial charge in [-0.1, -0.05) is 30.3 Å². The van der Waals surface area contributed by atoms with Crippen LogP contribution in [0.4, 0.5) is 0 Å². The highest BCUT2D eigenvalue weighted by Gasteiger charge is 2.13. The second-order valence-corrected chi connectivity index (χ2v) is 5.90. The minimum atomic E-state index is -0.313. The lowest BCUT2D eigenvalue weighted by atomic mass is 10.2. The van der Waals surface area contributed by atoms with Crippen LogP contribution in [-0.2, 0) is 22.5 Å². The van der Waals surface area contributed by atoms with Crippen molar-refractivity contribution >= 4 is 22.9 Å². The van der Waals surface area contributed by atoms with Crippen molar-refractivity contribution in [3.05, 3.63) is 66.0 Å². The van der Waals surface area contributed by atoms with Gasteiger partial charge in [0.05, 0.1) is 18.1 Å². The summed E-state index contributed by atoms with van der Waals surface area (Å²) >= 11 is 0. The lowest BCUT2D eigenvalue weighted by molar-refractivity contribution is -0.141. The third-order valence-electron chi connectivity index (χ3n) is 4.15. The summed E-state index contributed by atoms with van der Waals surface area (Å²) in [6.07, 6.45) is 1.38. The first-order chi connectivity index (χ1) is 12.7. The Balaban J connectivity index is 1.64. The zero-order chi connectivity index (χ0) is 18.4. The molecule has 0 saturated heterocycles. The molecule has 1 heterocycles. The van der Waals surface area contributed by atoms with Gasteiger partial charge in [0.15, 0.2) is 0 Å². The van der Waals surface area contributed by atoms with Crippen molar-refractivity contribution in [3.8, 4) is 0 Å². The first kappa shape index (κ1) is 17.7. The Kier molecular flexibility index (Phi) is 5.63. The lowest BCUT2D eigenvalue weighted by Crippen LogP contribution is -2.25. The van der Waals surface area contributed by atoms with Gasteiger partial charge in [-0.3, -0.25) is 9.59 Å². The highest BCUT2D eigenvalue weighted by Crippen LogP contribution is 2.17. The fourth-order valence-electron chi connectivity index (χ4n) is 2.83. The number of fused-ring (bicyclic) bond motifs is 1. The van der Waals surface area contributed by atoms with E-state index >= 15 is 0 Å². The van der Waals surface area contributed by atoms with Gasteiger partial charge in [-0.25, -0.2) is 4.98 Å². The van der Waals surface area contributed by atoms with Crippen molar-refractivity contribution in [2.24, 2.45) is 0 Å². The maximum absolute atomic E-state index is 12.1. The summed E-state index contributed by atoms with van der Waals surface area (Å²) in [6, 6.07) is 16.8. The van der Waals surface area contributed by atoms with Crippen LogP contribution in [-0.4, -0.2) is 35.1 Å². The van der Waals surface area contributed by atoms with Gasteiger partial charge in [-0.2, -0.15) is 0 Å². The number of methoxy groups -OCH3 is 1. The average molecular weight is 351 g/mol. The molecule has 0 fully saturated rings. The van der Waals surface area contributed by atoms with Gasteiger partial charge >= 0.3 is 5.97 Å². The quantitative estimate of drug-likeness (QED) is 0.524. The van der Waals surface area contributed by atoms with Crippen LogP contribution in [0.3, 0.4) is 0 Å². The Morgan fingerprint density at radius 2 is 1.81 bits per heavy atom. The molecule has 1 N–H and O–H groups in total. The minimum Gasteiger partial charge on any atom is -0.468 e. The molecule has 0 saturated carbocycles. The maximum Gasteiger partial charge on any atom is 0.325 e. The van der Waals surface area contributed by atoms with Gasteiger partial charge in [-0.05, 0) is 30.7 Å². The highest BCUT2D eigenvalue weighted by molar-refractivity contribution is 5.94. The standard InChI is InChI=1S/C20H21N3O3/c1-26-19(24)14-23-17-11-6-5-10-16(17)22-18(23)12-7-13-21-20(25)15-8-3-2-4-9-15/h2-6,8-11H,7,12-14H2,1H3,(H,21,25). The number of imidazole rings is 1. The number of aryl methyl sites for hydroxylation is 1. The lowest BCUT2D eigenvalue weighted by Gasteiger charge is -2.08. The van der Waals surface area contributed by atoms with E-state index in [0.717, 1.165) is 23.3 Å². The third kappa shape index (κ3) is 4.08. The van der Waals surface area contributed by atoms with Crippen LogP contribution in [0.2, 0.25) is 0 Å². The van der Waals surface area contributed by atoms with Crippen LogP contribution >= 0.6 is 0 Å². The third-order valence-corrected chi connectivity index (χ3v) is 4.15. The van der Waals surface area contributed by atoms with E-state index < -0.39 is 0 Å². The largest absolute Gasteiger partial charge is 0.468 e. The highest BCUT2D eigenvalue weighted by atomic mass is 16.5. The van der Waals surface area contributed by atoms with Crippen molar-refractivity contribution in [3.63, 3.8) is 0 Å². The molecule has 0 aliphatic carbocycles. The number of amides is 1. The number of nitrogens with zero attached hydrogens (tertiary/aromatic N) is 2. The van der Waals surface area contributed by atoms with Crippen molar-refractivity contribution in [2.75, 3.05) is 13.7 Å². The molecule has 0 radical (unpaired) electrons. The zero-order valence-corrected chi connectivity index (χ0v) is 14.6. The fourth-order valence-corrected chi connectivity index (χ4v) is 2.83. The molecule has 3 rings (SSSR count). The Morgan fingerprint density at radius 1 is 1.08 bits per heavy atom. The first-order valence-electron chi connectivity index (χ1n) is 8.53. The monoisotopic (exact) mass is 351 g/mol. The molecule has 3 aromatic rings. The molecule has 0 spiro atoms. The molecule has 26 heavy (non-hydrogen) atoms. The van der Waals surface area contributed by atoms with Crippen LogP contribution in [0.25, 0.3) is 11.0 Å². The van der Waals surface area contributed by atoms with Crippen LogP contribution in [0.5, 0.6) is 0 Å². The first-order valence-corrected chi connectivity index (χ1v) is 8.53. The summed E-state index contributed by atoms with van der Waals surface area (Å²) in [5.74, 6) is 0.408. The smallest absolute Gasteiger partial charge is 0.325 e. The predicted molar refractivity (Wildman–Crippen MR) is 98.8 cm³/mol. The van der Waals surface area contributed by atoms with Gasteiger partial charge in [0.25, 0.3) is 5.91 Å². The number of hydrogen-bond acceptors (Lipinski definition) is 4. The number of nitrogens with one attached hydrogen (secondary N) is 1. The molecule has 0 aliphatic rings. The fraction of sp³-hybridized carbons (Fsp3) is 0.250. The Bertz CT molecular complexity index is 903. The van der Waals surface area contributed by atoms with E-state index in [2.05, 4.69) is 10.3 Å². The number of carbonyl (C=O) groups excluding carboxylic acids is 2. The summed E-state index contributed by atoms with van der Waals surface area (Å²) in [5.41, 5.74) is 2.39. The second-order valence-electron chi connectivity index (χ2n) is 5.90. The summed E-state index contributed by atoms with van der Waals surface area (Å²) < 4.78 is 6.66. The van der Waals surface area contributed by atoms with E-state index in [9.17, 15) is 9.59 Å². The van der Waals surface area contributed by atoms with Gasteiger partial charge in [0.2, 0.25) is 0 Å². The Hall–Kier alpha value is -3.15. The molecular weight excluding hydrogens is 330 g/mol. The second kappa shape index (κ2) is 8.29. The van der Waals surface area contributed by atoms with Crippen LogP contribution in [0.15, 0.2) is 54.6 Å². The molecule has 0 aliphatic heterocycles. The van der Waals surface area contributed by atoms with Gasteiger partial charge in [0.1, 0.15) is 12.4 Å². The van der Waals surface area contributed by atoms with E-state index in [4.69, 9.17) is 4.74 Å². The van der Waals surface area contributed by atoms with E-state index in [0.29, 0.717) is 18.5 Å². The average Bonchev–Trinajstić information content (AvgIpc) is 3.03. The Labute approximate surface area is 151 Å². The molecule has 1 aromatic heterocycles. The minimum absolute atomic E-state index is 0.0892. The number of rotatable bonds is 7. The maximum atomic E-state index is 12.1. The molecule has 6 nitrogen and oxygen atoms in total. The number of carbonyl (C=O) groups is 2. The number of para-hydroxylation sites is 2. The van der Waals surface area contributed by atoms with Crippen LogP contribution in [0, 0.1) is 0 Å². The van der Waals surface area contributed by atoms with Crippen molar-refractivity contribution < 1.29 is 14.3 Å². The molecule has 134 valence electrons. The van der Waals surface area contributed by atoms with Crippen molar-refractivity contribution in [1.82, 2.24) is 14.9 Å². The molecule has 0 atom stereocenters. The Morgan fingerprint density at radius 3 is 2.58 bits per heavy atom. The molecule has 0 bridgehead atoms. The van der Waals surface area contributed by atoms with Crippen molar-refractivity contribution in [1.29, 1.82) is 0 Å². The van der Waals surface area contributed by atoms with Gasteiger partial charge < -0.3 is 14.6 Å². The van der Waals surface area contributed by atoms with Crippen molar-refractivity contribution in [2.45, 2.75) is 19.4 Å². The molecule has 0 unspecified atom stereocenters. The van der Waals surface area contributed by atoms with Gasteiger partial charge in [0, 0.05) is 18.5 Å². The van der Waals surface area contributed by atoms with Crippen LogP contribution in [0.1, 0.15) is 22.6 Å². The number of hydrogen-bond donors (Lipinski definition) is 1. The van der Waals surface area contributed by atoms with Crippen LogP contribution < -0.4 is 5.32 Å². The summed E-state index contributed by atoms with van der Waals surface area (Å²) in [4.78, 5) is 28.4. The normalized spacial score (nSPS) is 10.7. The number of ether oxygens (including phenoxy) is 1. The number of benzene rings is 2. The van der Waals surface area contributed by atoms with E-state index in [1.165, 1.54) is 7.11 Å². The SMILES string of the molecule is COC(=O)Cn1c(CCCNC(=O)c2ccccc2)nc2ccccc21. The molecule has 2 aromatic carbocycles. The molecule has 1 amide bonds. The molecule has 6 heteroatoms.